The maximum atomic E-state index is 6.28. The van der Waals surface area contributed by atoms with E-state index in [0.29, 0.717) is 0 Å². The van der Waals surface area contributed by atoms with Crippen LogP contribution in [0.4, 0.5) is 5.69 Å². The number of nitrogens with zero attached hydrogens (tertiary/aromatic N) is 1. The number of hydrogen-bond acceptors (Lipinski definition) is 2. The molecule has 1 aliphatic rings. The van der Waals surface area contributed by atoms with Gasteiger partial charge in [0.15, 0.2) is 0 Å². The Hall–Kier alpha value is -3.26. The van der Waals surface area contributed by atoms with Crippen molar-refractivity contribution >= 4 is 28.6 Å². The summed E-state index contributed by atoms with van der Waals surface area (Å²) in [6, 6.07) is 27.5. The molecule has 138 valence electrons. The van der Waals surface area contributed by atoms with Gasteiger partial charge < -0.3 is 9.32 Å². The van der Waals surface area contributed by atoms with Crippen molar-refractivity contribution in [2.75, 3.05) is 18.0 Å². The summed E-state index contributed by atoms with van der Waals surface area (Å²) in [7, 11) is 0. The molecule has 5 rings (SSSR count). The van der Waals surface area contributed by atoms with Gasteiger partial charge in [-0.15, -0.1) is 0 Å². The number of anilines is 1. The van der Waals surface area contributed by atoms with Gasteiger partial charge in [-0.25, -0.2) is 0 Å². The van der Waals surface area contributed by atoms with Crippen molar-refractivity contribution in [3.05, 3.63) is 101 Å². The predicted octanol–water partition coefficient (Wildman–Crippen LogP) is 4.69. The number of hydrogen-bond donors (Lipinski definition) is 0. The maximum absolute atomic E-state index is 6.28. The lowest BCUT2D eigenvalue weighted by Crippen LogP contribution is -2.17. The highest BCUT2D eigenvalue weighted by Gasteiger charge is 2.11. The summed E-state index contributed by atoms with van der Waals surface area (Å²) in [5.74, 6) is 0. The van der Waals surface area contributed by atoms with Crippen LogP contribution in [-0.2, 0) is 0 Å². The van der Waals surface area contributed by atoms with Crippen molar-refractivity contribution in [1.29, 1.82) is 0 Å². The monoisotopic (exact) mass is 365 g/mol. The van der Waals surface area contributed by atoms with Gasteiger partial charge in [-0.3, -0.25) is 0 Å². The minimum atomic E-state index is 0.904. The third kappa shape index (κ3) is 3.34. The van der Waals surface area contributed by atoms with Crippen LogP contribution in [0.15, 0.2) is 83.3 Å². The molecule has 28 heavy (non-hydrogen) atoms. The number of fused-ring (bicyclic) bond motifs is 1. The molecule has 1 aliphatic heterocycles. The van der Waals surface area contributed by atoms with Crippen molar-refractivity contribution in [1.82, 2.24) is 0 Å². The Balaban J connectivity index is 1.58. The van der Waals surface area contributed by atoms with Crippen LogP contribution < -0.4 is 15.7 Å². The van der Waals surface area contributed by atoms with Gasteiger partial charge >= 0.3 is 0 Å². The summed E-state index contributed by atoms with van der Waals surface area (Å²) in [4.78, 5) is 2.46. The molecule has 4 aromatic rings. The fourth-order valence-electron chi connectivity index (χ4n) is 3.96. The Labute approximate surface area is 165 Å². The average Bonchev–Trinajstić information content (AvgIpc) is 3.39. The molecule has 1 fully saturated rings. The highest BCUT2D eigenvalue weighted by molar-refractivity contribution is 5.84. The van der Waals surface area contributed by atoms with Crippen molar-refractivity contribution in [2.24, 2.45) is 0 Å². The first-order chi connectivity index (χ1) is 13.9. The third-order valence-electron chi connectivity index (χ3n) is 5.44. The standard InChI is InChI=1S/C26H23NO/c1-2-8-20(9-3-1)18-25-23-10-4-5-11-24(23)26(28-25)19-21-12-14-22(15-13-21)27-16-6-7-17-27/h1-5,8-15,18-19H,6-7,16-17H2/b25-18+,26-19+. The summed E-state index contributed by atoms with van der Waals surface area (Å²) >= 11 is 0. The lowest BCUT2D eigenvalue weighted by Gasteiger charge is -2.17. The Morgan fingerprint density at radius 1 is 0.607 bits per heavy atom. The number of furan rings is 1. The fourth-order valence-corrected chi connectivity index (χ4v) is 3.96. The van der Waals surface area contributed by atoms with Gasteiger partial charge in [-0.05, 0) is 48.3 Å². The van der Waals surface area contributed by atoms with E-state index in [1.165, 1.54) is 31.6 Å². The van der Waals surface area contributed by atoms with Crippen molar-refractivity contribution in [2.45, 2.75) is 12.8 Å². The summed E-state index contributed by atoms with van der Waals surface area (Å²) in [6.07, 6.45) is 6.84. The first kappa shape index (κ1) is 16.9. The smallest absolute Gasteiger partial charge is 0.136 e. The van der Waals surface area contributed by atoms with Gasteiger partial charge in [-0.2, -0.15) is 0 Å². The van der Waals surface area contributed by atoms with Crippen molar-refractivity contribution in [3.63, 3.8) is 0 Å². The van der Waals surface area contributed by atoms with Crippen LogP contribution in [0.5, 0.6) is 0 Å². The Morgan fingerprint density at radius 2 is 1.14 bits per heavy atom. The summed E-state index contributed by atoms with van der Waals surface area (Å²) in [6.45, 7) is 2.34. The zero-order chi connectivity index (χ0) is 18.8. The normalized spacial score (nSPS) is 15.6. The topological polar surface area (TPSA) is 16.4 Å². The quantitative estimate of drug-likeness (QED) is 0.524. The van der Waals surface area contributed by atoms with Gasteiger partial charge in [0.25, 0.3) is 0 Å². The fraction of sp³-hybridized carbons (Fsp3) is 0.154. The molecule has 0 saturated carbocycles. The van der Waals surface area contributed by atoms with Gasteiger partial charge in [-0.1, -0.05) is 66.7 Å². The van der Waals surface area contributed by atoms with Crippen molar-refractivity contribution < 1.29 is 4.42 Å². The minimum Gasteiger partial charge on any atom is -0.456 e. The second-order valence-corrected chi connectivity index (χ2v) is 7.36. The Morgan fingerprint density at radius 3 is 1.75 bits per heavy atom. The molecule has 0 N–H and O–H groups in total. The van der Waals surface area contributed by atoms with Gasteiger partial charge in [0.2, 0.25) is 0 Å². The highest BCUT2D eigenvalue weighted by atomic mass is 16.3. The molecule has 3 aromatic carbocycles. The van der Waals surface area contributed by atoms with E-state index in [-0.39, 0.29) is 0 Å². The first-order valence-electron chi connectivity index (χ1n) is 9.98. The van der Waals surface area contributed by atoms with Crippen LogP contribution >= 0.6 is 0 Å². The molecule has 0 spiro atoms. The van der Waals surface area contributed by atoms with E-state index in [0.717, 1.165) is 32.7 Å². The van der Waals surface area contributed by atoms with Gasteiger partial charge in [0.05, 0.1) is 0 Å². The van der Waals surface area contributed by atoms with Crippen molar-refractivity contribution in [3.8, 4) is 0 Å². The minimum absolute atomic E-state index is 0.904. The van der Waals surface area contributed by atoms with E-state index < -0.39 is 0 Å². The zero-order valence-electron chi connectivity index (χ0n) is 15.8. The van der Waals surface area contributed by atoms with E-state index >= 15 is 0 Å². The molecule has 0 radical (unpaired) electrons. The number of rotatable bonds is 3. The molecular formula is C26H23NO. The molecule has 1 aromatic heterocycles. The Kier molecular flexibility index (Phi) is 4.46. The van der Waals surface area contributed by atoms with E-state index in [1.807, 2.05) is 18.2 Å². The second kappa shape index (κ2) is 7.40. The van der Waals surface area contributed by atoms with E-state index in [2.05, 4.69) is 77.7 Å². The maximum Gasteiger partial charge on any atom is 0.136 e. The van der Waals surface area contributed by atoms with E-state index in [1.54, 1.807) is 0 Å². The number of benzene rings is 3. The van der Waals surface area contributed by atoms with E-state index in [9.17, 15) is 0 Å². The highest BCUT2D eigenvalue weighted by Crippen LogP contribution is 2.20. The summed E-state index contributed by atoms with van der Waals surface area (Å²) in [5, 5.41) is 2.29. The van der Waals surface area contributed by atoms with E-state index in [4.69, 9.17) is 4.42 Å². The van der Waals surface area contributed by atoms with Gasteiger partial charge in [0.1, 0.15) is 10.8 Å². The van der Waals surface area contributed by atoms with Crippen LogP contribution in [0, 0.1) is 0 Å². The zero-order valence-corrected chi connectivity index (χ0v) is 15.8. The Bertz CT molecular complexity index is 1200. The van der Waals surface area contributed by atoms with Crippen LogP contribution in [0.2, 0.25) is 0 Å². The molecule has 0 atom stereocenters. The molecule has 2 heterocycles. The molecular weight excluding hydrogens is 342 g/mol. The van der Waals surface area contributed by atoms with Crippen LogP contribution in [0.1, 0.15) is 24.0 Å². The third-order valence-corrected chi connectivity index (χ3v) is 5.44. The first-order valence-corrected chi connectivity index (χ1v) is 9.98. The molecule has 0 aliphatic carbocycles. The van der Waals surface area contributed by atoms with Crippen LogP contribution in [0.25, 0.3) is 22.9 Å². The molecule has 2 heteroatoms. The summed E-state index contributed by atoms with van der Waals surface area (Å²) < 4.78 is 6.28. The van der Waals surface area contributed by atoms with Crippen LogP contribution in [0.3, 0.4) is 0 Å². The molecule has 0 unspecified atom stereocenters. The molecule has 0 amide bonds. The SMILES string of the molecule is C(/c1ccccc1)=c1\o/c(=C/c2ccc(N3CCCC3)cc2)c2ccccc12. The predicted molar refractivity (Wildman–Crippen MR) is 117 cm³/mol. The van der Waals surface area contributed by atoms with Crippen LogP contribution in [-0.4, -0.2) is 13.1 Å². The average molecular weight is 365 g/mol. The molecule has 2 nitrogen and oxygen atoms in total. The molecule has 0 bridgehead atoms. The molecule has 1 saturated heterocycles. The second-order valence-electron chi connectivity index (χ2n) is 7.36. The van der Waals surface area contributed by atoms with Gasteiger partial charge in [0, 0.05) is 29.5 Å². The lowest BCUT2D eigenvalue weighted by atomic mass is 10.1. The lowest BCUT2D eigenvalue weighted by molar-refractivity contribution is 0.508. The largest absolute Gasteiger partial charge is 0.456 e. The summed E-state index contributed by atoms with van der Waals surface area (Å²) in [5.41, 5.74) is 5.43.